The van der Waals surface area contributed by atoms with Crippen LogP contribution in [0, 0.1) is 0 Å². The summed E-state index contributed by atoms with van der Waals surface area (Å²) in [4.78, 5) is 0. The summed E-state index contributed by atoms with van der Waals surface area (Å²) in [6.45, 7) is 4.30. The molecule has 46 heavy (non-hydrogen) atoms. The highest BCUT2D eigenvalue weighted by Crippen LogP contribution is 2.17. The molecule has 0 heterocycles. The smallest absolute Gasteiger partial charge is 0.0466 e. The van der Waals surface area contributed by atoms with E-state index in [-0.39, 0.29) is 0 Å². The summed E-state index contributed by atoms with van der Waals surface area (Å²) in [5.74, 6) is 1.07. The molecule has 0 aliphatic rings. The second-order valence-electron chi connectivity index (χ2n) is 15.1. The first kappa shape index (κ1) is 46.3. The highest BCUT2D eigenvalue weighted by Gasteiger charge is 1.98. The molecule has 0 saturated heterocycles. The number of ether oxygens (including phenoxy) is 1. The maximum Gasteiger partial charge on any atom is 0.0466 e. The van der Waals surface area contributed by atoms with Crippen LogP contribution in [-0.2, 0) is 4.74 Å². The van der Waals surface area contributed by atoms with Crippen molar-refractivity contribution < 1.29 is 4.74 Å². The van der Waals surface area contributed by atoms with Gasteiger partial charge in [0.1, 0.15) is 0 Å². The Balaban J connectivity index is 3.03. The number of rotatable bonds is 43. The van der Waals surface area contributed by atoms with E-state index in [4.69, 9.17) is 4.74 Å². The lowest BCUT2D eigenvalue weighted by Gasteiger charge is -2.06. The van der Waals surface area contributed by atoms with Crippen LogP contribution in [0.5, 0.6) is 0 Å². The Kier molecular flexibility index (Phi) is 45.6. The Morgan fingerprint density at radius 1 is 0.239 bits per heavy atom. The van der Waals surface area contributed by atoms with Gasteiger partial charge in [-0.05, 0) is 25.0 Å². The van der Waals surface area contributed by atoms with Gasteiger partial charge >= 0.3 is 0 Å². The van der Waals surface area contributed by atoms with Crippen LogP contribution in [0.2, 0.25) is 0 Å². The molecule has 0 saturated carbocycles. The quantitative estimate of drug-likeness (QED) is 0.0503. The lowest BCUT2D eigenvalue weighted by Crippen LogP contribution is -1.97. The molecule has 0 rings (SSSR count). The Bertz CT molecular complexity index is 450. The predicted octanol–water partition coefficient (Wildman–Crippen LogP) is 16.6. The summed E-state index contributed by atoms with van der Waals surface area (Å²) >= 11 is 4.29. The van der Waals surface area contributed by atoms with Crippen molar-refractivity contribution >= 4 is 12.6 Å². The average Bonchev–Trinajstić information content (AvgIpc) is 3.07. The predicted molar refractivity (Wildman–Crippen MR) is 215 cm³/mol. The van der Waals surface area contributed by atoms with Crippen molar-refractivity contribution in [3.05, 3.63) is 0 Å². The van der Waals surface area contributed by atoms with Crippen LogP contribution in [0.3, 0.4) is 0 Å². The molecule has 0 bridgehead atoms. The van der Waals surface area contributed by atoms with Crippen molar-refractivity contribution in [3.63, 3.8) is 0 Å². The molecule has 0 aromatic heterocycles. The summed E-state index contributed by atoms with van der Waals surface area (Å²) in [6, 6.07) is 0. The van der Waals surface area contributed by atoms with Crippen molar-refractivity contribution in [2.24, 2.45) is 0 Å². The van der Waals surface area contributed by atoms with Gasteiger partial charge in [-0.25, -0.2) is 0 Å². The van der Waals surface area contributed by atoms with E-state index in [1.165, 1.54) is 257 Å². The first-order chi connectivity index (χ1) is 22.9. The molecule has 0 radical (unpaired) electrons. The molecular weight excluding hydrogens is 577 g/mol. The molecule has 0 spiro atoms. The minimum absolute atomic E-state index is 0.996. The summed E-state index contributed by atoms with van der Waals surface area (Å²) < 4.78 is 5.91. The van der Waals surface area contributed by atoms with Crippen LogP contribution in [0.15, 0.2) is 0 Å². The number of thiol groups is 1. The average molecular weight is 667 g/mol. The maximum atomic E-state index is 5.91. The third-order valence-corrected chi connectivity index (χ3v) is 10.7. The van der Waals surface area contributed by atoms with Crippen LogP contribution in [0.1, 0.15) is 264 Å². The summed E-state index contributed by atoms with van der Waals surface area (Å²) in [5.41, 5.74) is 0. The van der Waals surface area contributed by atoms with Crippen LogP contribution in [-0.4, -0.2) is 19.0 Å². The van der Waals surface area contributed by atoms with E-state index in [1.807, 2.05) is 0 Å². The normalized spacial score (nSPS) is 11.6. The molecule has 0 aromatic carbocycles. The van der Waals surface area contributed by atoms with Gasteiger partial charge in [0.25, 0.3) is 0 Å². The van der Waals surface area contributed by atoms with E-state index >= 15 is 0 Å². The number of hydrogen-bond donors (Lipinski definition) is 1. The Morgan fingerprint density at radius 3 is 0.609 bits per heavy atom. The maximum absolute atomic E-state index is 5.91. The van der Waals surface area contributed by atoms with Gasteiger partial charge in [-0.3, -0.25) is 0 Å². The standard InChI is InChI=1S/C44H90OS/c1-2-3-4-5-6-7-8-9-10-11-12-15-18-21-24-27-30-33-36-39-42-45-43-40-37-34-31-28-25-22-19-16-13-14-17-20-23-26-29-32-35-38-41-44-46/h46H,2-44H2,1H3. The Labute approximate surface area is 299 Å². The summed E-state index contributed by atoms with van der Waals surface area (Å²) in [6.07, 6.45) is 57.7. The minimum atomic E-state index is 0.996. The SMILES string of the molecule is CCCCCCCCCCCCCCCCCCCCCCOCCCCCCCCCCCCCCCCCCCCCCS. The first-order valence-electron chi connectivity index (χ1n) is 22.1. The minimum Gasteiger partial charge on any atom is -0.381 e. The highest BCUT2D eigenvalue weighted by molar-refractivity contribution is 7.80. The molecule has 0 fully saturated rings. The molecule has 1 nitrogen and oxygen atoms in total. The van der Waals surface area contributed by atoms with Gasteiger partial charge in [-0.2, -0.15) is 12.6 Å². The van der Waals surface area contributed by atoms with Crippen LogP contribution in [0.4, 0.5) is 0 Å². The zero-order valence-electron chi connectivity index (χ0n) is 32.3. The van der Waals surface area contributed by atoms with Crippen molar-refractivity contribution in [2.75, 3.05) is 19.0 Å². The van der Waals surface area contributed by atoms with Gasteiger partial charge in [0.2, 0.25) is 0 Å². The van der Waals surface area contributed by atoms with Crippen molar-refractivity contribution in [2.45, 2.75) is 264 Å². The summed E-state index contributed by atoms with van der Waals surface area (Å²) in [7, 11) is 0. The highest BCUT2D eigenvalue weighted by atomic mass is 32.1. The Hall–Kier alpha value is 0.310. The van der Waals surface area contributed by atoms with Crippen molar-refractivity contribution in [1.82, 2.24) is 0 Å². The molecule has 0 unspecified atom stereocenters. The van der Waals surface area contributed by atoms with Gasteiger partial charge in [0.05, 0.1) is 0 Å². The zero-order valence-corrected chi connectivity index (χ0v) is 33.2. The third-order valence-electron chi connectivity index (χ3n) is 10.3. The largest absolute Gasteiger partial charge is 0.381 e. The lowest BCUT2D eigenvalue weighted by atomic mass is 10.0. The van der Waals surface area contributed by atoms with Crippen molar-refractivity contribution in [3.8, 4) is 0 Å². The van der Waals surface area contributed by atoms with Crippen molar-refractivity contribution in [1.29, 1.82) is 0 Å². The summed E-state index contributed by atoms with van der Waals surface area (Å²) in [5, 5.41) is 0. The fourth-order valence-electron chi connectivity index (χ4n) is 7.06. The van der Waals surface area contributed by atoms with Crippen LogP contribution >= 0.6 is 12.6 Å². The molecule has 0 atom stereocenters. The Morgan fingerprint density at radius 2 is 0.413 bits per heavy atom. The fraction of sp³-hybridized carbons (Fsp3) is 1.00. The second kappa shape index (κ2) is 45.3. The van der Waals surface area contributed by atoms with E-state index < -0.39 is 0 Å². The van der Waals surface area contributed by atoms with E-state index in [1.54, 1.807) is 0 Å². The third kappa shape index (κ3) is 44.3. The van der Waals surface area contributed by atoms with Gasteiger partial charge in [-0.15, -0.1) is 0 Å². The molecule has 0 aromatic rings. The number of hydrogen-bond acceptors (Lipinski definition) is 2. The second-order valence-corrected chi connectivity index (χ2v) is 15.6. The molecule has 2 heteroatoms. The van der Waals surface area contributed by atoms with E-state index in [0.717, 1.165) is 19.0 Å². The molecule has 0 aliphatic carbocycles. The van der Waals surface area contributed by atoms with Crippen LogP contribution in [0.25, 0.3) is 0 Å². The van der Waals surface area contributed by atoms with E-state index in [9.17, 15) is 0 Å². The van der Waals surface area contributed by atoms with Gasteiger partial charge in [0.15, 0.2) is 0 Å². The molecule has 0 aliphatic heterocycles. The molecule has 0 N–H and O–H groups in total. The van der Waals surface area contributed by atoms with E-state index in [2.05, 4.69) is 19.6 Å². The van der Waals surface area contributed by atoms with Crippen LogP contribution < -0.4 is 0 Å². The molecular formula is C44H90OS. The fourth-order valence-corrected chi connectivity index (χ4v) is 7.28. The molecule has 0 amide bonds. The lowest BCUT2D eigenvalue weighted by molar-refractivity contribution is 0.125. The first-order valence-corrected chi connectivity index (χ1v) is 22.7. The number of unbranched alkanes of at least 4 members (excludes halogenated alkanes) is 38. The topological polar surface area (TPSA) is 9.23 Å². The zero-order chi connectivity index (χ0) is 33.1. The van der Waals surface area contributed by atoms with Gasteiger partial charge < -0.3 is 4.74 Å². The van der Waals surface area contributed by atoms with Gasteiger partial charge in [0, 0.05) is 13.2 Å². The van der Waals surface area contributed by atoms with Gasteiger partial charge in [-0.1, -0.05) is 244 Å². The van der Waals surface area contributed by atoms with E-state index in [0.29, 0.717) is 0 Å². The molecule has 278 valence electrons. The monoisotopic (exact) mass is 667 g/mol.